The standard InChI is InChI=1S/C15H22FNO/c1-15(7-2-3-8-15)11-17-10-14(18)12-5-4-6-13(16)9-12/h4-6,9,14,17-18H,2-3,7-8,10-11H2,1H3. The van der Waals surface area contributed by atoms with E-state index in [4.69, 9.17) is 0 Å². The van der Waals surface area contributed by atoms with Crippen LogP contribution in [0.15, 0.2) is 24.3 Å². The number of hydrogen-bond acceptors (Lipinski definition) is 2. The van der Waals surface area contributed by atoms with Gasteiger partial charge in [-0.15, -0.1) is 0 Å². The normalized spacial score (nSPS) is 19.9. The zero-order chi connectivity index (χ0) is 13.0. The minimum Gasteiger partial charge on any atom is -0.387 e. The Morgan fingerprint density at radius 1 is 1.39 bits per heavy atom. The van der Waals surface area contributed by atoms with Crippen molar-refractivity contribution in [3.8, 4) is 0 Å². The van der Waals surface area contributed by atoms with E-state index in [0.29, 0.717) is 17.5 Å². The smallest absolute Gasteiger partial charge is 0.123 e. The number of nitrogens with one attached hydrogen (secondary N) is 1. The molecule has 18 heavy (non-hydrogen) atoms. The molecule has 2 N–H and O–H groups in total. The lowest BCUT2D eigenvalue weighted by atomic mass is 9.89. The summed E-state index contributed by atoms with van der Waals surface area (Å²) in [5, 5.41) is 13.3. The molecule has 0 heterocycles. The summed E-state index contributed by atoms with van der Waals surface area (Å²) in [5.74, 6) is -0.297. The first-order valence-electron chi connectivity index (χ1n) is 6.73. The van der Waals surface area contributed by atoms with E-state index in [2.05, 4.69) is 12.2 Å². The van der Waals surface area contributed by atoms with Crippen molar-refractivity contribution in [3.63, 3.8) is 0 Å². The molecular formula is C15H22FNO. The molecule has 0 spiro atoms. The molecule has 1 aliphatic carbocycles. The fourth-order valence-corrected chi connectivity index (χ4v) is 2.75. The van der Waals surface area contributed by atoms with Crippen LogP contribution in [-0.4, -0.2) is 18.2 Å². The first-order chi connectivity index (χ1) is 8.59. The molecular weight excluding hydrogens is 229 g/mol. The lowest BCUT2D eigenvalue weighted by Crippen LogP contribution is -2.32. The summed E-state index contributed by atoms with van der Waals surface area (Å²) in [4.78, 5) is 0. The Morgan fingerprint density at radius 3 is 2.78 bits per heavy atom. The van der Waals surface area contributed by atoms with Gasteiger partial charge in [-0.2, -0.15) is 0 Å². The van der Waals surface area contributed by atoms with Crippen molar-refractivity contribution in [1.82, 2.24) is 5.32 Å². The molecule has 1 atom stereocenters. The number of halogens is 1. The molecule has 1 saturated carbocycles. The highest BCUT2D eigenvalue weighted by atomic mass is 19.1. The molecule has 1 fully saturated rings. The maximum Gasteiger partial charge on any atom is 0.123 e. The highest BCUT2D eigenvalue weighted by Crippen LogP contribution is 2.36. The summed E-state index contributed by atoms with van der Waals surface area (Å²) in [6, 6.07) is 6.17. The molecule has 3 heteroatoms. The highest BCUT2D eigenvalue weighted by Gasteiger charge is 2.28. The second kappa shape index (κ2) is 5.81. The topological polar surface area (TPSA) is 32.3 Å². The first-order valence-corrected chi connectivity index (χ1v) is 6.73. The maximum absolute atomic E-state index is 13.0. The van der Waals surface area contributed by atoms with Gasteiger partial charge in [0.2, 0.25) is 0 Å². The van der Waals surface area contributed by atoms with Crippen LogP contribution in [0.2, 0.25) is 0 Å². The van der Waals surface area contributed by atoms with Crippen molar-refractivity contribution >= 4 is 0 Å². The van der Waals surface area contributed by atoms with Gasteiger partial charge in [-0.25, -0.2) is 4.39 Å². The molecule has 0 aromatic heterocycles. The highest BCUT2D eigenvalue weighted by molar-refractivity contribution is 5.18. The molecule has 0 amide bonds. The van der Waals surface area contributed by atoms with Crippen LogP contribution >= 0.6 is 0 Å². The van der Waals surface area contributed by atoms with Crippen LogP contribution in [0.1, 0.15) is 44.3 Å². The predicted octanol–water partition coefficient (Wildman–Crippen LogP) is 3.03. The van der Waals surface area contributed by atoms with Gasteiger partial charge in [0.1, 0.15) is 5.82 Å². The van der Waals surface area contributed by atoms with Gasteiger partial charge in [0.05, 0.1) is 6.10 Å². The number of rotatable bonds is 5. The summed E-state index contributed by atoms with van der Waals surface area (Å²) in [7, 11) is 0. The number of hydrogen-bond donors (Lipinski definition) is 2. The van der Waals surface area contributed by atoms with Gasteiger partial charge < -0.3 is 10.4 Å². The lowest BCUT2D eigenvalue weighted by molar-refractivity contribution is 0.166. The van der Waals surface area contributed by atoms with Crippen molar-refractivity contribution in [2.45, 2.75) is 38.7 Å². The fourth-order valence-electron chi connectivity index (χ4n) is 2.75. The third kappa shape index (κ3) is 3.53. The number of aliphatic hydroxyl groups is 1. The van der Waals surface area contributed by atoms with Crippen LogP contribution in [0.25, 0.3) is 0 Å². The van der Waals surface area contributed by atoms with Gasteiger partial charge in [0.15, 0.2) is 0 Å². The van der Waals surface area contributed by atoms with Gasteiger partial charge in [-0.1, -0.05) is 31.9 Å². The average Bonchev–Trinajstić information content (AvgIpc) is 2.76. The number of aliphatic hydroxyl groups excluding tert-OH is 1. The average molecular weight is 251 g/mol. The van der Waals surface area contributed by atoms with Crippen LogP contribution in [-0.2, 0) is 0 Å². The zero-order valence-electron chi connectivity index (χ0n) is 11.0. The molecule has 2 rings (SSSR count). The zero-order valence-corrected chi connectivity index (χ0v) is 11.0. The Bertz CT molecular complexity index is 388. The Labute approximate surface area is 108 Å². The Hall–Kier alpha value is -0.930. The van der Waals surface area contributed by atoms with Gasteiger partial charge in [-0.3, -0.25) is 0 Å². The minimum absolute atomic E-state index is 0.297. The van der Waals surface area contributed by atoms with Crippen LogP contribution in [0.3, 0.4) is 0 Å². The maximum atomic E-state index is 13.0. The Balaban J connectivity index is 1.79. The van der Waals surface area contributed by atoms with Crippen LogP contribution in [0.4, 0.5) is 4.39 Å². The third-order valence-electron chi connectivity index (χ3n) is 3.93. The summed E-state index contributed by atoms with van der Waals surface area (Å²) < 4.78 is 13.0. The van der Waals surface area contributed by atoms with Gasteiger partial charge in [-0.05, 0) is 36.0 Å². The van der Waals surface area contributed by atoms with Crippen molar-refractivity contribution in [2.75, 3.05) is 13.1 Å². The first kappa shape index (κ1) is 13.5. The largest absolute Gasteiger partial charge is 0.387 e. The lowest BCUT2D eigenvalue weighted by Gasteiger charge is -2.24. The SMILES string of the molecule is CC1(CNCC(O)c2cccc(F)c2)CCCC1. The van der Waals surface area contributed by atoms with E-state index in [9.17, 15) is 9.50 Å². The van der Waals surface area contributed by atoms with Crippen LogP contribution < -0.4 is 5.32 Å². The second-order valence-electron chi connectivity index (χ2n) is 5.72. The molecule has 1 aliphatic rings. The minimum atomic E-state index is -0.634. The fraction of sp³-hybridized carbons (Fsp3) is 0.600. The molecule has 1 aromatic rings. The Morgan fingerprint density at radius 2 is 2.11 bits per heavy atom. The van der Waals surface area contributed by atoms with Gasteiger partial charge in [0, 0.05) is 13.1 Å². The molecule has 0 radical (unpaired) electrons. The molecule has 2 nitrogen and oxygen atoms in total. The summed E-state index contributed by atoms with van der Waals surface area (Å²) >= 11 is 0. The molecule has 0 saturated heterocycles. The molecule has 0 bridgehead atoms. The van der Waals surface area contributed by atoms with E-state index in [-0.39, 0.29) is 5.82 Å². The third-order valence-corrected chi connectivity index (χ3v) is 3.93. The monoisotopic (exact) mass is 251 g/mol. The molecule has 100 valence electrons. The van der Waals surface area contributed by atoms with E-state index >= 15 is 0 Å². The van der Waals surface area contributed by atoms with Crippen molar-refractivity contribution in [1.29, 1.82) is 0 Å². The van der Waals surface area contributed by atoms with Crippen molar-refractivity contribution < 1.29 is 9.50 Å². The van der Waals surface area contributed by atoms with E-state index in [1.807, 2.05) is 0 Å². The van der Waals surface area contributed by atoms with Crippen molar-refractivity contribution in [3.05, 3.63) is 35.6 Å². The molecule has 1 unspecified atom stereocenters. The van der Waals surface area contributed by atoms with Gasteiger partial charge >= 0.3 is 0 Å². The van der Waals surface area contributed by atoms with E-state index < -0.39 is 6.10 Å². The quantitative estimate of drug-likeness (QED) is 0.843. The van der Waals surface area contributed by atoms with E-state index in [0.717, 1.165) is 6.54 Å². The van der Waals surface area contributed by atoms with Gasteiger partial charge in [0.25, 0.3) is 0 Å². The van der Waals surface area contributed by atoms with Crippen LogP contribution in [0.5, 0.6) is 0 Å². The van der Waals surface area contributed by atoms with Crippen LogP contribution in [0, 0.1) is 11.2 Å². The Kier molecular flexibility index (Phi) is 4.36. The molecule has 1 aromatic carbocycles. The van der Waals surface area contributed by atoms with Crippen molar-refractivity contribution in [2.24, 2.45) is 5.41 Å². The predicted molar refractivity (Wildman–Crippen MR) is 70.8 cm³/mol. The second-order valence-corrected chi connectivity index (χ2v) is 5.72. The van der Waals surface area contributed by atoms with E-state index in [1.165, 1.54) is 37.8 Å². The summed E-state index contributed by atoms with van der Waals surface area (Å²) in [5.41, 5.74) is 1.01. The van der Waals surface area contributed by atoms with E-state index in [1.54, 1.807) is 12.1 Å². The number of benzene rings is 1. The molecule has 0 aliphatic heterocycles. The summed E-state index contributed by atoms with van der Waals surface area (Å²) in [6.07, 6.45) is 4.51. The summed E-state index contributed by atoms with van der Waals surface area (Å²) in [6.45, 7) is 3.71.